The number of aliphatic hydroxyl groups is 1. The van der Waals surface area contributed by atoms with Crippen LogP contribution < -0.4 is 0 Å². The van der Waals surface area contributed by atoms with Crippen LogP contribution in [-0.2, 0) is 9.53 Å². The van der Waals surface area contributed by atoms with Gasteiger partial charge in [0.15, 0.2) is 5.76 Å². The van der Waals surface area contributed by atoms with E-state index in [2.05, 4.69) is 0 Å². The van der Waals surface area contributed by atoms with Gasteiger partial charge in [0.1, 0.15) is 12.0 Å². The first-order valence-electron chi connectivity index (χ1n) is 5.81. The van der Waals surface area contributed by atoms with Crippen molar-refractivity contribution in [2.24, 2.45) is 5.41 Å². The molecule has 3 nitrogen and oxygen atoms in total. The Kier molecular flexibility index (Phi) is 3.24. The number of hydrogen-bond acceptors (Lipinski definition) is 3. The van der Waals surface area contributed by atoms with Crippen molar-refractivity contribution in [1.29, 1.82) is 0 Å². The summed E-state index contributed by atoms with van der Waals surface area (Å²) in [6, 6.07) is 9.60. The van der Waals surface area contributed by atoms with Crippen LogP contribution in [-0.4, -0.2) is 18.5 Å². The first kappa shape index (κ1) is 12.4. The number of rotatable bonds is 3. The Labute approximate surface area is 106 Å². The Balaban J connectivity index is 2.55. The highest BCUT2D eigenvalue weighted by atomic mass is 16.5. The number of hydrogen-bond donors (Lipinski definition) is 1. The molecule has 0 saturated heterocycles. The molecule has 0 fully saturated rings. The fourth-order valence-electron chi connectivity index (χ4n) is 2.21. The highest BCUT2D eigenvalue weighted by Gasteiger charge is 2.35. The summed E-state index contributed by atoms with van der Waals surface area (Å²) in [7, 11) is 1.50. The Morgan fingerprint density at radius 3 is 2.56 bits per heavy atom. The SMILES string of the molecule is COC1=C(O)C=C(c2ccccc2)C(C)(C=O)C1. The average molecular weight is 244 g/mol. The van der Waals surface area contributed by atoms with Gasteiger partial charge in [-0.3, -0.25) is 0 Å². The highest BCUT2D eigenvalue weighted by Crippen LogP contribution is 2.43. The first-order chi connectivity index (χ1) is 8.60. The van der Waals surface area contributed by atoms with Gasteiger partial charge in [-0.1, -0.05) is 30.3 Å². The average Bonchev–Trinajstić information content (AvgIpc) is 2.42. The summed E-state index contributed by atoms with van der Waals surface area (Å²) in [4.78, 5) is 11.4. The smallest absolute Gasteiger partial charge is 0.153 e. The lowest BCUT2D eigenvalue weighted by molar-refractivity contribution is -0.113. The van der Waals surface area contributed by atoms with Crippen molar-refractivity contribution in [1.82, 2.24) is 0 Å². The van der Waals surface area contributed by atoms with Gasteiger partial charge in [0, 0.05) is 6.42 Å². The summed E-state index contributed by atoms with van der Waals surface area (Å²) in [6.07, 6.45) is 2.91. The van der Waals surface area contributed by atoms with Gasteiger partial charge in [0.05, 0.1) is 12.5 Å². The highest BCUT2D eigenvalue weighted by molar-refractivity contribution is 5.87. The largest absolute Gasteiger partial charge is 0.504 e. The van der Waals surface area contributed by atoms with Gasteiger partial charge in [-0.25, -0.2) is 0 Å². The minimum Gasteiger partial charge on any atom is -0.504 e. The van der Waals surface area contributed by atoms with Gasteiger partial charge in [-0.2, -0.15) is 0 Å². The molecule has 0 aliphatic heterocycles. The molecule has 0 bridgehead atoms. The zero-order valence-corrected chi connectivity index (χ0v) is 10.5. The van der Waals surface area contributed by atoms with Gasteiger partial charge in [0.25, 0.3) is 0 Å². The predicted molar refractivity (Wildman–Crippen MR) is 69.9 cm³/mol. The first-order valence-corrected chi connectivity index (χ1v) is 5.81. The van der Waals surface area contributed by atoms with E-state index in [-0.39, 0.29) is 5.76 Å². The maximum atomic E-state index is 11.4. The third-order valence-electron chi connectivity index (χ3n) is 3.30. The second-order valence-electron chi connectivity index (χ2n) is 4.65. The molecule has 0 aromatic heterocycles. The van der Waals surface area contributed by atoms with E-state index in [1.165, 1.54) is 7.11 Å². The van der Waals surface area contributed by atoms with E-state index in [0.717, 1.165) is 17.4 Å². The lowest BCUT2D eigenvalue weighted by atomic mass is 9.73. The number of ether oxygens (including phenoxy) is 1. The number of aldehydes is 1. The van der Waals surface area contributed by atoms with Crippen LogP contribution in [0.2, 0.25) is 0 Å². The molecule has 1 aromatic rings. The van der Waals surface area contributed by atoms with E-state index < -0.39 is 5.41 Å². The van der Waals surface area contributed by atoms with E-state index in [4.69, 9.17) is 4.74 Å². The normalized spacial score (nSPS) is 23.6. The number of methoxy groups -OCH3 is 1. The molecule has 3 heteroatoms. The van der Waals surface area contributed by atoms with E-state index in [0.29, 0.717) is 12.2 Å². The number of benzene rings is 1. The van der Waals surface area contributed by atoms with Crippen molar-refractivity contribution in [2.45, 2.75) is 13.3 Å². The van der Waals surface area contributed by atoms with Crippen molar-refractivity contribution in [2.75, 3.05) is 7.11 Å². The topological polar surface area (TPSA) is 46.5 Å². The second-order valence-corrected chi connectivity index (χ2v) is 4.65. The van der Waals surface area contributed by atoms with Crippen molar-refractivity contribution < 1.29 is 14.6 Å². The van der Waals surface area contributed by atoms with Crippen molar-refractivity contribution in [3.63, 3.8) is 0 Å². The van der Waals surface area contributed by atoms with Crippen LogP contribution in [0.4, 0.5) is 0 Å². The Morgan fingerprint density at radius 2 is 2.00 bits per heavy atom. The van der Waals surface area contributed by atoms with Crippen LogP contribution in [0.5, 0.6) is 0 Å². The van der Waals surface area contributed by atoms with Crippen LogP contribution in [0.25, 0.3) is 5.57 Å². The molecule has 1 unspecified atom stereocenters. The molecule has 0 saturated carbocycles. The summed E-state index contributed by atoms with van der Waals surface area (Å²) in [5.74, 6) is 0.542. The minimum atomic E-state index is -0.668. The van der Waals surface area contributed by atoms with Crippen LogP contribution in [0.3, 0.4) is 0 Å². The molecule has 0 radical (unpaired) electrons. The molecular formula is C15H16O3. The molecule has 1 aromatic carbocycles. The summed E-state index contributed by atoms with van der Waals surface area (Å²) >= 11 is 0. The molecule has 18 heavy (non-hydrogen) atoms. The zero-order valence-electron chi connectivity index (χ0n) is 10.5. The van der Waals surface area contributed by atoms with Crippen molar-refractivity contribution in [3.05, 3.63) is 53.5 Å². The maximum absolute atomic E-state index is 11.4. The Hall–Kier alpha value is -2.03. The molecule has 1 N–H and O–H groups in total. The zero-order chi connectivity index (χ0) is 13.2. The molecule has 0 heterocycles. The van der Waals surface area contributed by atoms with E-state index >= 15 is 0 Å². The summed E-state index contributed by atoms with van der Waals surface area (Å²) in [5, 5.41) is 9.89. The number of allylic oxidation sites excluding steroid dienone is 3. The predicted octanol–water partition coefficient (Wildman–Crippen LogP) is 3.09. The molecule has 2 rings (SSSR count). The van der Waals surface area contributed by atoms with E-state index in [1.807, 2.05) is 37.3 Å². The van der Waals surface area contributed by atoms with Crippen LogP contribution >= 0.6 is 0 Å². The van der Waals surface area contributed by atoms with Gasteiger partial charge in [-0.15, -0.1) is 0 Å². The van der Waals surface area contributed by atoms with E-state index in [9.17, 15) is 9.90 Å². The minimum absolute atomic E-state index is 0.0932. The molecule has 1 aliphatic rings. The fourth-order valence-corrected chi connectivity index (χ4v) is 2.21. The van der Waals surface area contributed by atoms with Crippen molar-refractivity contribution >= 4 is 11.9 Å². The fraction of sp³-hybridized carbons (Fsp3) is 0.267. The summed E-state index contributed by atoms with van der Waals surface area (Å²) in [5.41, 5.74) is 1.09. The Morgan fingerprint density at radius 1 is 1.33 bits per heavy atom. The van der Waals surface area contributed by atoms with Gasteiger partial charge < -0.3 is 14.6 Å². The number of carbonyl (C=O) groups is 1. The maximum Gasteiger partial charge on any atom is 0.153 e. The molecule has 0 spiro atoms. The van der Waals surface area contributed by atoms with Gasteiger partial charge >= 0.3 is 0 Å². The van der Waals surface area contributed by atoms with Crippen LogP contribution in [0.15, 0.2) is 47.9 Å². The third-order valence-corrected chi connectivity index (χ3v) is 3.30. The van der Waals surface area contributed by atoms with Crippen LogP contribution in [0.1, 0.15) is 18.9 Å². The number of carbonyl (C=O) groups excluding carboxylic acids is 1. The lowest BCUT2D eigenvalue weighted by Gasteiger charge is -2.31. The summed E-state index contributed by atoms with van der Waals surface area (Å²) in [6.45, 7) is 1.85. The standard InChI is InChI=1S/C15H16O3/c1-15(10-16)9-14(18-2)13(17)8-12(15)11-6-4-3-5-7-11/h3-8,10,17H,9H2,1-2H3. The number of aliphatic hydroxyl groups excluding tert-OH is 1. The van der Waals surface area contributed by atoms with Crippen LogP contribution in [0, 0.1) is 5.41 Å². The quantitative estimate of drug-likeness (QED) is 0.831. The van der Waals surface area contributed by atoms with Gasteiger partial charge in [-0.05, 0) is 24.1 Å². The van der Waals surface area contributed by atoms with E-state index in [1.54, 1.807) is 6.08 Å². The lowest BCUT2D eigenvalue weighted by Crippen LogP contribution is -2.25. The molecule has 0 amide bonds. The monoisotopic (exact) mass is 244 g/mol. The third kappa shape index (κ3) is 2.04. The molecule has 1 aliphatic carbocycles. The second kappa shape index (κ2) is 4.69. The summed E-state index contributed by atoms with van der Waals surface area (Å²) < 4.78 is 5.11. The molecule has 94 valence electrons. The van der Waals surface area contributed by atoms with Gasteiger partial charge in [0.2, 0.25) is 0 Å². The molecular weight excluding hydrogens is 228 g/mol. The molecule has 1 atom stereocenters. The Bertz CT molecular complexity index is 514. The van der Waals surface area contributed by atoms with Crippen molar-refractivity contribution in [3.8, 4) is 0 Å².